The molecular formula is C12H23N3S. The Bertz CT molecular complexity index is 268. The fourth-order valence-corrected chi connectivity index (χ4v) is 2.16. The number of thiocarbonyl (C=S) groups is 1. The van der Waals surface area contributed by atoms with E-state index in [-0.39, 0.29) is 0 Å². The van der Waals surface area contributed by atoms with Gasteiger partial charge in [-0.15, -0.1) is 0 Å². The molecule has 3 nitrogen and oxygen atoms in total. The first kappa shape index (κ1) is 13.4. The van der Waals surface area contributed by atoms with E-state index in [0.29, 0.717) is 10.5 Å². The van der Waals surface area contributed by atoms with E-state index in [1.165, 1.54) is 18.6 Å². The van der Waals surface area contributed by atoms with Crippen molar-refractivity contribution < 1.29 is 0 Å². The first-order valence-electron chi connectivity index (χ1n) is 5.96. The Kier molecular flexibility index (Phi) is 4.71. The van der Waals surface area contributed by atoms with Gasteiger partial charge in [-0.2, -0.15) is 5.10 Å². The van der Waals surface area contributed by atoms with Crippen molar-refractivity contribution in [3.63, 3.8) is 0 Å². The third kappa shape index (κ3) is 4.08. The van der Waals surface area contributed by atoms with Gasteiger partial charge in [0.15, 0.2) is 5.11 Å². The molecule has 1 rings (SSSR count). The number of hydrogen-bond donors (Lipinski definition) is 2. The van der Waals surface area contributed by atoms with E-state index in [2.05, 4.69) is 36.6 Å². The van der Waals surface area contributed by atoms with Gasteiger partial charge >= 0.3 is 0 Å². The molecule has 0 aliphatic heterocycles. The molecule has 0 atom stereocenters. The molecule has 0 bridgehead atoms. The van der Waals surface area contributed by atoms with E-state index in [1.807, 2.05) is 0 Å². The maximum absolute atomic E-state index is 4.98. The number of nitrogens with one attached hydrogen (secondary N) is 2. The van der Waals surface area contributed by atoms with E-state index in [4.69, 9.17) is 12.2 Å². The summed E-state index contributed by atoms with van der Waals surface area (Å²) >= 11 is 4.98. The van der Waals surface area contributed by atoms with E-state index >= 15 is 0 Å². The highest BCUT2D eigenvalue weighted by atomic mass is 32.1. The average molecular weight is 241 g/mol. The highest BCUT2D eigenvalue weighted by Gasteiger charge is 2.27. The molecule has 1 aliphatic carbocycles. The minimum atomic E-state index is 0.430. The van der Waals surface area contributed by atoms with Gasteiger partial charge in [-0.05, 0) is 49.2 Å². The van der Waals surface area contributed by atoms with Gasteiger partial charge in [0.25, 0.3) is 0 Å². The lowest BCUT2D eigenvalue weighted by Crippen LogP contribution is -2.31. The van der Waals surface area contributed by atoms with E-state index in [1.54, 1.807) is 7.05 Å². The van der Waals surface area contributed by atoms with Crippen LogP contribution in [0.1, 0.15) is 46.5 Å². The molecule has 1 saturated carbocycles. The lowest BCUT2D eigenvalue weighted by Gasteiger charge is -2.34. The maximum atomic E-state index is 4.98. The molecular weight excluding hydrogens is 218 g/mol. The molecule has 0 radical (unpaired) electrons. The lowest BCUT2D eigenvalue weighted by molar-refractivity contribution is 0.208. The van der Waals surface area contributed by atoms with Crippen molar-refractivity contribution in [3.8, 4) is 0 Å². The second-order valence-corrected chi connectivity index (χ2v) is 5.92. The number of nitrogens with zero attached hydrogens (tertiary/aromatic N) is 1. The maximum Gasteiger partial charge on any atom is 0.186 e. The first-order valence-corrected chi connectivity index (χ1v) is 6.37. The van der Waals surface area contributed by atoms with Crippen LogP contribution in [0.25, 0.3) is 0 Å². The molecule has 0 amide bonds. The van der Waals surface area contributed by atoms with Crippen molar-refractivity contribution in [2.24, 2.45) is 16.4 Å². The van der Waals surface area contributed by atoms with Crippen LogP contribution in [0.3, 0.4) is 0 Å². The van der Waals surface area contributed by atoms with Gasteiger partial charge in [0.1, 0.15) is 0 Å². The molecule has 0 aromatic rings. The predicted octanol–water partition coefficient (Wildman–Crippen LogP) is 2.67. The van der Waals surface area contributed by atoms with Crippen molar-refractivity contribution in [1.29, 1.82) is 0 Å². The van der Waals surface area contributed by atoms with Crippen LogP contribution in [-0.4, -0.2) is 17.9 Å². The van der Waals surface area contributed by atoms with Crippen LogP contribution in [-0.2, 0) is 0 Å². The topological polar surface area (TPSA) is 36.4 Å². The molecule has 0 aromatic carbocycles. The van der Waals surface area contributed by atoms with Crippen molar-refractivity contribution in [1.82, 2.24) is 10.7 Å². The normalized spacial score (nSPS) is 21.5. The van der Waals surface area contributed by atoms with E-state index < -0.39 is 0 Å². The summed E-state index contributed by atoms with van der Waals surface area (Å²) in [5, 5.41) is 7.77. The molecule has 4 heteroatoms. The Labute approximate surface area is 104 Å². The van der Waals surface area contributed by atoms with Gasteiger partial charge in [0.05, 0.1) is 0 Å². The summed E-state index contributed by atoms with van der Waals surface area (Å²) < 4.78 is 0. The Morgan fingerprint density at radius 1 is 1.31 bits per heavy atom. The highest BCUT2D eigenvalue weighted by Crippen LogP contribution is 2.36. The zero-order valence-corrected chi connectivity index (χ0v) is 11.6. The smallest absolute Gasteiger partial charge is 0.186 e. The van der Waals surface area contributed by atoms with Crippen LogP contribution in [0, 0.1) is 11.3 Å². The monoisotopic (exact) mass is 241 g/mol. The minimum absolute atomic E-state index is 0.430. The Morgan fingerprint density at radius 2 is 1.88 bits per heavy atom. The van der Waals surface area contributed by atoms with Crippen LogP contribution < -0.4 is 10.7 Å². The summed E-state index contributed by atoms with van der Waals surface area (Å²) in [7, 11) is 1.80. The van der Waals surface area contributed by atoms with Gasteiger partial charge in [-0.1, -0.05) is 20.8 Å². The van der Waals surface area contributed by atoms with Crippen LogP contribution in [0.4, 0.5) is 0 Å². The predicted molar refractivity (Wildman–Crippen MR) is 73.6 cm³/mol. The third-order valence-electron chi connectivity index (χ3n) is 3.33. The first-order chi connectivity index (χ1) is 7.43. The van der Waals surface area contributed by atoms with Gasteiger partial charge in [-0.3, -0.25) is 5.43 Å². The van der Waals surface area contributed by atoms with E-state index in [0.717, 1.165) is 18.8 Å². The summed E-state index contributed by atoms with van der Waals surface area (Å²) in [6.45, 7) is 6.98. The molecule has 1 fully saturated rings. The molecule has 0 spiro atoms. The van der Waals surface area contributed by atoms with Crippen LogP contribution in [0.5, 0.6) is 0 Å². The summed E-state index contributed by atoms with van der Waals surface area (Å²) in [6.07, 6.45) is 4.69. The summed E-state index contributed by atoms with van der Waals surface area (Å²) in [4.78, 5) is 0. The number of hydrazone groups is 1. The molecule has 16 heavy (non-hydrogen) atoms. The SMILES string of the molecule is CNC(=S)NN=C1CCC(C(C)(C)C)CC1. The summed E-state index contributed by atoms with van der Waals surface area (Å²) in [5.41, 5.74) is 4.54. The minimum Gasteiger partial charge on any atom is -0.364 e. The fourth-order valence-electron chi connectivity index (χ4n) is 2.11. The Hall–Kier alpha value is -0.640. The second kappa shape index (κ2) is 5.62. The van der Waals surface area contributed by atoms with E-state index in [9.17, 15) is 0 Å². The Balaban J connectivity index is 2.40. The summed E-state index contributed by atoms with van der Waals surface area (Å²) in [5.74, 6) is 0.822. The molecule has 0 aromatic heterocycles. The van der Waals surface area contributed by atoms with Crippen molar-refractivity contribution in [3.05, 3.63) is 0 Å². The number of rotatable bonds is 1. The fraction of sp³-hybridized carbons (Fsp3) is 0.833. The number of hydrogen-bond acceptors (Lipinski definition) is 2. The lowest BCUT2D eigenvalue weighted by atomic mass is 9.72. The van der Waals surface area contributed by atoms with Gasteiger partial charge in [0, 0.05) is 12.8 Å². The van der Waals surface area contributed by atoms with Gasteiger partial charge in [-0.25, -0.2) is 0 Å². The average Bonchev–Trinajstić information content (AvgIpc) is 2.25. The van der Waals surface area contributed by atoms with Gasteiger partial charge in [0.2, 0.25) is 0 Å². The zero-order chi connectivity index (χ0) is 12.2. The molecule has 92 valence electrons. The zero-order valence-electron chi connectivity index (χ0n) is 10.8. The van der Waals surface area contributed by atoms with Crippen molar-refractivity contribution in [2.75, 3.05) is 7.05 Å². The van der Waals surface area contributed by atoms with Crippen LogP contribution in [0.15, 0.2) is 5.10 Å². The second-order valence-electron chi connectivity index (χ2n) is 5.51. The quantitative estimate of drug-likeness (QED) is 0.547. The third-order valence-corrected chi connectivity index (χ3v) is 3.63. The highest BCUT2D eigenvalue weighted by molar-refractivity contribution is 7.80. The standard InChI is InChI=1S/C12H23N3S/c1-12(2,3)9-5-7-10(8-6-9)14-15-11(16)13-4/h9H,5-8H2,1-4H3,(H2,13,15,16). The Morgan fingerprint density at radius 3 is 2.31 bits per heavy atom. The molecule has 1 aliphatic rings. The molecule has 0 saturated heterocycles. The molecule has 0 heterocycles. The largest absolute Gasteiger partial charge is 0.364 e. The van der Waals surface area contributed by atoms with Crippen LogP contribution >= 0.6 is 12.2 Å². The summed E-state index contributed by atoms with van der Waals surface area (Å²) in [6, 6.07) is 0. The molecule has 2 N–H and O–H groups in total. The van der Waals surface area contributed by atoms with Crippen molar-refractivity contribution in [2.45, 2.75) is 46.5 Å². The van der Waals surface area contributed by atoms with Gasteiger partial charge < -0.3 is 5.32 Å². The van der Waals surface area contributed by atoms with Crippen molar-refractivity contribution >= 4 is 23.0 Å². The van der Waals surface area contributed by atoms with Crippen LogP contribution in [0.2, 0.25) is 0 Å². The molecule has 0 unspecified atom stereocenters.